The number of hydrogen-bond acceptors (Lipinski definition) is 4. The zero-order valence-corrected chi connectivity index (χ0v) is 27.5. The highest BCUT2D eigenvalue weighted by atomic mass is 79.9. The lowest BCUT2D eigenvalue weighted by atomic mass is 9.95. The van der Waals surface area contributed by atoms with E-state index in [1.54, 1.807) is 7.11 Å². The van der Waals surface area contributed by atoms with Crippen molar-refractivity contribution in [3.8, 4) is 17.0 Å². The maximum absolute atomic E-state index is 11.3. The first kappa shape index (κ1) is 30.4. The molecule has 0 saturated carbocycles. The number of hydrogen-bond donors (Lipinski definition) is 1. The number of nitrogens with zero attached hydrogens (tertiary/aromatic N) is 1. The zero-order valence-electron chi connectivity index (χ0n) is 25.0. The molecule has 1 unspecified atom stereocenters. The van der Waals surface area contributed by atoms with Crippen LogP contribution >= 0.6 is 15.9 Å². The van der Waals surface area contributed by atoms with Crippen LogP contribution in [0.3, 0.4) is 0 Å². The molecule has 0 fully saturated rings. The van der Waals surface area contributed by atoms with Gasteiger partial charge in [0.2, 0.25) is 14.2 Å². The minimum absolute atomic E-state index is 0.531. The number of fused-ring (bicyclic) bond motifs is 1. The van der Waals surface area contributed by atoms with Crippen molar-refractivity contribution in [2.75, 3.05) is 7.11 Å². The average molecular weight is 621 g/mol. The normalized spacial score (nSPS) is 13.0. The predicted octanol–water partition coefficient (Wildman–Crippen LogP) is 9.76. The van der Waals surface area contributed by atoms with Crippen LogP contribution in [0.15, 0.2) is 71.2 Å². The smallest absolute Gasteiger partial charge is 0.214 e. The van der Waals surface area contributed by atoms with Gasteiger partial charge in [-0.25, -0.2) is 4.98 Å². The first-order valence-electron chi connectivity index (χ1n) is 14.1. The van der Waals surface area contributed by atoms with Crippen LogP contribution in [0.5, 0.6) is 5.88 Å². The number of aliphatic hydroxyl groups is 1. The van der Waals surface area contributed by atoms with Crippen LogP contribution in [0.1, 0.15) is 69.9 Å². The molecular formula is C34H42BrNO3Si. The molecule has 3 aromatic carbocycles. The van der Waals surface area contributed by atoms with E-state index in [2.05, 4.69) is 87.8 Å². The summed E-state index contributed by atoms with van der Waals surface area (Å²) in [6.45, 7) is 16.5. The van der Waals surface area contributed by atoms with E-state index in [0.717, 1.165) is 48.8 Å². The molecule has 0 radical (unpaired) electrons. The van der Waals surface area contributed by atoms with E-state index in [0.29, 0.717) is 29.1 Å². The quantitative estimate of drug-likeness (QED) is 0.179. The fraction of sp³-hybridized carbons (Fsp3) is 0.382. The van der Waals surface area contributed by atoms with Crippen molar-refractivity contribution in [2.24, 2.45) is 0 Å². The van der Waals surface area contributed by atoms with Gasteiger partial charge in [0.25, 0.3) is 0 Å². The summed E-state index contributed by atoms with van der Waals surface area (Å²) in [4.78, 5) is 4.70. The Morgan fingerprint density at radius 3 is 2.12 bits per heavy atom. The van der Waals surface area contributed by atoms with Gasteiger partial charge in [0.05, 0.1) is 19.2 Å². The van der Waals surface area contributed by atoms with Gasteiger partial charge >= 0.3 is 0 Å². The Labute approximate surface area is 249 Å². The van der Waals surface area contributed by atoms with Crippen LogP contribution < -0.4 is 4.74 Å². The molecule has 212 valence electrons. The number of benzene rings is 3. The van der Waals surface area contributed by atoms with E-state index in [1.165, 1.54) is 0 Å². The number of halogens is 1. The molecule has 1 atom stereocenters. The first-order valence-corrected chi connectivity index (χ1v) is 17.1. The summed E-state index contributed by atoms with van der Waals surface area (Å²) < 4.78 is 13.5. The second kappa shape index (κ2) is 12.6. The van der Waals surface area contributed by atoms with Gasteiger partial charge < -0.3 is 14.3 Å². The molecule has 1 heterocycles. The Bertz CT molecular complexity index is 1460. The third-order valence-electron chi connectivity index (χ3n) is 8.27. The summed E-state index contributed by atoms with van der Waals surface area (Å²) >= 11 is 3.56. The number of aromatic nitrogens is 1. The first-order chi connectivity index (χ1) is 19.0. The fourth-order valence-corrected chi connectivity index (χ4v) is 12.0. The molecule has 6 heteroatoms. The minimum atomic E-state index is -1.99. The topological polar surface area (TPSA) is 51.6 Å². The SMILES string of the molecule is COc1cc(-c2cccc(CO[Si](C(C)C)(C(C)C)C(C)C)c2)c2cc(C(O)c3ccc(Br)c(C)c3)ccc2n1. The zero-order chi connectivity index (χ0) is 29.2. The highest BCUT2D eigenvalue weighted by molar-refractivity contribution is 9.10. The standard InChI is InChI=1S/C34H42BrNO3Si/c1-21(2)40(22(3)4,23(5)6)39-20-25-10-9-11-26(17-25)29-19-33(38-8)36-32-15-13-28(18-30(29)32)34(37)27-12-14-31(35)24(7)16-27/h9-19,21-23,34,37H,20H2,1-8H3. The van der Waals surface area contributed by atoms with Crippen LogP contribution in [0.4, 0.5) is 0 Å². The summed E-state index contributed by atoms with van der Waals surface area (Å²) in [7, 11) is -0.343. The number of aryl methyl sites for hydroxylation is 1. The lowest BCUT2D eigenvalue weighted by Gasteiger charge is -2.42. The molecule has 0 aliphatic rings. The predicted molar refractivity (Wildman–Crippen MR) is 173 cm³/mol. The molecule has 4 nitrogen and oxygen atoms in total. The van der Waals surface area contributed by atoms with Gasteiger partial charge in [-0.1, -0.05) is 93.9 Å². The van der Waals surface area contributed by atoms with Gasteiger partial charge in [0.1, 0.15) is 6.10 Å². The average Bonchev–Trinajstić information content (AvgIpc) is 2.93. The molecule has 0 spiro atoms. The molecule has 1 N–H and O–H groups in total. The molecule has 0 amide bonds. The van der Waals surface area contributed by atoms with Crippen molar-refractivity contribution in [2.45, 2.75) is 77.8 Å². The maximum atomic E-state index is 11.3. The van der Waals surface area contributed by atoms with E-state index in [4.69, 9.17) is 14.1 Å². The number of rotatable bonds is 10. The van der Waals surface area contributed by atoms with Crippen LogP contribution in [0.2, 0.25) is 16.6 Å². The monoisotopic (exact) mass is 619 g/mol. The molecule has 0 aliphatic heterocycles. The fourth-order valence-electron chi connectivity index (χ4n) is 6.30. The van der Waals surface area contributed by atoms with Crippen LogP contribution in [-0.4, -0.2) is 25.5 Å². The second-order valence-corrected chi connectivity index (χ2v) is 18.0. The Morgan fingerprint density at radius 1 is 0.850 bits per heavy atom. The molecule has 1 aromatic heterocycles. The van der Waals surface area contributed by atoms with Gasteiger partial charge in [0.15, 0.2) is 0 Å². The van der Waals surface area contributed by atoms with E-state index in [-0.39, 0.29) is 0 Å². The maximum Gasteiger partial charge on any atom is 0.214 e. The van der Waals surface area contributed by atoms with Crippen LogP contribution in [0, 0.1) is 6.92 Å². The summed E-state index contributed by atoms with van der Waals surface area (Å²) in [6.07, 6.45) is -0.743. The van der Waals surface area contributed by atoms with Gasteiger partial charge in [0, 0.05) is 15.9 Å². The van der Waals surface area contributed by atoms with E-state index in [9.17, 15) is 5.11 Å². The molecule has 4 rings (SSSR count). The van der Waals surface area contributed by atoms with E-state index >= 15 is 0 Å². The number of methoxy groups -OCH3 is 1. The van der Waals surface area contributed by atoms with Crippen molar-refractivity contribution < 1.29 is 14.3 Å². The van der Waals surface area contributed by atoms with Crippen LogP contribution in [0.25, 0.3) is 22.0 Å². The molecule has 40 heavy (non-hydrogen) atoms. The molecule has 0 bridgehead atoms. The Kier molecular flexibility index (Phi) is 9.56. The highest BCUT2D eigenvalue weighted by Crippen LogP contribution is 2.43. The molecule has 0 saturated heterocycles. The Balaban J connectivity index is 1.75. The molecule has 0 aliphatic carbocycles. The summed E-state index contributed by atoms with van der Waals surface area (Å²) in [5.74, 6) is 0.562. The summed E-state index contributed by atoms with van der Waals surface area (Å²) in [5, 5.41) is 12.3. The number of aliphatic hydroxyl groups excluding tert-OH is 1. The van der Waals surface area contributed by atoms with Crippen molar-refractivity contribution in [3.63, 3.8) is 0 Å². The van der Waals surface area contributed by atoms with Crippen molar-refractivity contribution >= 4 is 35.2 Å². The van der Waals surface area contributed by atoms with Gasteiger partial charge in [-0.15, -0.1) is 0 Å². The van der Waals surface area contributed by atoms with Crippen LogP contribution in [-0.2, 0) is 11.0 Å². The van der Waals surface area contributed by atoms with Gasteiger partial charge in [-0.3, -0.25) is 0 Å². The van der Waals surface area contributed by atoms with E-state index in [1.807, 2.05) is 43.3 Å². The minimum Gasteiger partial charge on any atom is -0.481 e. The molecular weight excluding hydrogens is 578 g/mol. The summed E-state index contributed by atoms with van der Waals surface area (Å²) in [5.41, 5.74) is 8.43. The van der Waals surface area contributed by atoms with E-state index < -0.39 is 14.4 Å². The Morgan fingerprint density at radius 2 is 1.50 bits per heavy atom. The second-order valence-electron chi connectivity index (χ2n) is 11.7. The van der Waals surface area contributed by atoms with Crippen molar-refractivity contribution in [1.82, 2.24) is 4.98 Å². The largest absolute Gasteiger partial charge is 0.481 e. The van der Waals surface area contributed by atoms with Gasteiger partial charge in [-0.2, -0.15) is 0 Å². The summed E-state index contributed by atoms with van der Waals surface area (Å²) in [6, 6.07) is 22.5. The van der Waals surface area contributed by atoms with Gasteiger partial charge in [-0.05, 0) is 81.2 Å². The number of ether oxygens (including phenoxy) is 1. The third-order valence-corrected chi connectivity index (χ3v) is 15.2. The van der Waals surface area contributed by atoms with Crippen molar-refractivity contribution in [1.29, 1.82) is 0 Å². The molecule has 4 aromatic rings. The number of pyridine rings is 1. The lowest BCUT2D eigenvalue weighted by Crippen LogP contribution is -2.47. The van der Waals surface area contributed by atoms with Crippen molar-refractivity contribution in [3.05, 3.63) is 93.5 Å². The lowest BCUT2D eigenvalue weighted by molar-refractivity contribution is 0.220. The third kappa shape index (κ3) is 6.06. The highest BCUT2D eigenvalue weighted by Gasteiger charge is 2.44. The Hall–Kier alpha value is -2.51.